The molecule has 3 aromatic heterocycles. The molecule has 3 rings (SSSR count). The van der Waals surface area contributed by atoms with Crippen LogP contribution in [0.4, 0.5) is 23.5 Å². The fraction of sp³-hybridized carbons (Fsp3) is 0.312. The zero-order valence-electron chi connectivity index (χ0n) is 15.4. The van der Waals surface area contributed by atoms with E-state index in [0.29, 0.717) is 17.0 Å². The summed E-state index contributed by atoms with van der Waals surface area (Å²) in [5.74, 6) is -1.01. The van der Waals surface area contributed by atoms with Crippen molar-refractivity contribution in [2.45, 2.75) is 20.0 Å². The molecule has 0 bridgehead atoms. The Hall–Kier alpha value is -3.31. The molecule has 28 heavy (non-hydrogen) atoms. The van der Waals surface area contributed by atoms with E-state index >= 15 is 0 Å². The molecule has 8 nitrogen and oxygen atoms in total. The maximum Gasteiger partial charge on any atom is 0.433 e. The fourth-order valence-electron chi connectivity index (χ4n) is 2.58. The van der Waals surface area contributed by atoms with E-state index < -0.39 is 17.8 Å². The average Bonchev–Trinajstić information content (AvgIpc) is 3.06. The second-order valence-electron chi connectivity index (χ2n) is 6.05. The molecular weight excluding hydrogens is 380 g/mol. The Kier molecular flexibility index (Phi) is 4.87. The third-order valence-electron chi connectivity index (χ3n) is 3.86. The first-order valence-corrected chi connectivity index (χ1v) is 8.01. The lowest BCUT2D eigenvalue weighted by atomic mass is 10.1. The Labute approximate surface area is 156 Å². The van der Waals surface area contributed by atoms with Crippen LogP contribution in [0, 0.1) is 19.8 Å². The van der Waals surface area contributed by atoms with Gasteiger partial charge in [0.15, 0.2) is 5.69 Å². The van der Waals surface area contributed by atoms with Crippen molar-refractivity contribution in [3.05, 3.63) is 40.9 Å². The van der Waals surface area contributed by atoms with Crippen LogP contribution in [-0.2, 0) is 20.3 Å². The van der Waals surface area contributed by atoms with Crippen molar-refractivity contribution >= 4 is 12.2 Å². The fourth-order valence-corrected chi connectivity index (χ4v) is 2.58. The van der Waals surface area contributed by atoms with E-state index in [1.54, 1.807) is 27.1 Å². The van der Waals surface area contributed by atoms with E-state index in [2.05, 4.69) is 30.7 Å². The Morgan fingerprint density at radius 2 is 1.82 bits per heavy atom. The first kappa shape index (κ1) is 19.5. The molecule has 0 aliphatic heterocycles. The zero-order chi connectivity index (χ0) is 20.6. The van der Waals surface area contributed by atoms with Gasteiger partial charge in [0, 0.05) is 25.9 Å². The highest BCUT2D eigenvalue weighted by molar-refractivity contribution is 5.81. The van der Waals surface area contributed by atoms with Gasteiger partial charge in [-0.1, -0.05) is 0 Å². The summed E-state index contributed by atoms with van der Waals surface area (Å²) in [5, 5.41) is 11.7. The van der Waals surface area contributed by atoms with Crippen molar-refractivity contribution in [2.24, 2.45) is 19.2 Å². The highest BCUT2D eigenvalue weighted by Crippen LogP contribution is 2.31. The van der Waals surface area contributed by atoms with Gasteiger partial charge in [-0.05, 0) is 19.9 Å². The molecule has 3 aromatic rings. The monoisotopic (exact) mass is 396 g/mol. The minimum atomic E-state index is -4.68. The number of anilines is 1. The third-order valence-corrected chi connectivity index (χ3v) is 3.86. The lowest BCUT2D eigenvalue weighted by molar-refractivity contribution is -0.141. The average molecular weight is 396 g/mol. The number of halogens is 4. The number of aryl methyl sites for hydroxylation is 4. The maximum absolute atomic E-state index is 13.9. The molecule has 0 unspecified atom stereocenters. The Morgan fingerprint density at radius 1 is 1.11 bits per heavy atom. The van der Waals surface area contributed by atoms with Crippen molar-refractivity contribution in [1.29, 1.82) is 0 Å². The summed E-state index contributed by atoms with van der Waals surface area (Å²) in [6, 6.07) is 0.837. The van der Waals surface area contributed by atoms with E-state index in [0.717, 1.165) is 17.0 Å². The van der Waals surface area contributed by atoms with Gasteiger partial charge in [-0.2, -0.15) is 32.9 Å². The smallest absolute Gasteiger partial charge is 0.275 e. The number of rotatable bonds is 4. The van der Waals surface area contributed by atoms with Gasteiger partial charge in [0.05, 0.1) is 28.9 Å². The van der Waals surface area contributed by atoms with Crippen LogP contribution in [0.3, 0.4) is 0 Å². The van der Waals surface area contributed by atoms with Gasteiger partial charge in [0.25, 0.3) is 0 Å². The molecule has 0 saturated heterocycles. The Bertz CT molecular complexity index is 1050. The van der Waals surface area contributed by atoms with Crippen molar-refractivity contribution in [1.82, 2.24) is 29.5 Å². The van der Waals surface area contributed by atoms with Gasteiger partial charge in [-0.25, -0.2) is 20.1 Å². The van der Waals surface area contributed by atoms with Gasteiger partial charge in [-0.3, -0.25) is 4.68 Å². The SMILES string of the molecule is Cc1nn(C)cc1-c1cc(C(F)(F)F)nc(N/N=C\c2c(C)nn(C)c2F)n1. The molecule has 0 aliphatic carbocycles. The minimum Gasteiger partial charge on any atom is -0.275 e. The molecule has 1 N–H and O–H groups in total. The normalized spacial score (nSPS) is 12.1. The minimum absolute atomic E-state index is 0.0364. The van der Waals surface area contributed by atoms with E-state index in [-0.39, 0.29) is 17.2 Å². The second-order valence-corrected chi connectivity index (χ2v) is 6.05. The summed E-state index contributed by atoms with van der Waals surface area (Å²) >= 11 is 0. The number of hydrazone groups is 1. The van der Waals surface area contributed by atoms with Crippen molar-refractivity contribution in [3.63, 3.8) is 0 Å². The van der Waals surface area contributed by atoms with Crippen molar-refractivity contribution in [2.75, 3.05) is 5.43 Å². The van der Waals surface area contributed by atoms with E-state index in [9.17, 15) is 17.6 Å². The molecule has 0 radical (unpaired) electrons. The lowest BCUT2D eigenvalue weighted by Crippen LogP contribution is -2.11. The predicted molar refractivity (Wildman–Crippen MR) is 93.1 cm³/mol. The summed E-state index contributed by atoms with van der Waals surface area (Å²) in [4.78, 5) is 7.51. The molecule has 0 aliphatic rings. The summed E-state index contributed by atoms with van der Waals surface area (Å²) in [5.41, 5.74) is 2.64. The largest absolute Gasteiger partial charge is 0.433 e. The van der Waals surface area contributed by atoms with E-state index in [1.165, 1.54) is 11.7 Å². The maximum atomic E-state index is 13.9. The molecule has 0 saturated carbocycles. The van der Waals surface area contributed by atoms with Crippen molar-refractivity contribution < 1.29 is 17.6 Å². The third kappa shape index (κ3) is 3.85. The number of nitrogens with one attached hydrogen (secondary N) is 1. The van der Waals surface area contributed by atoms with Crippen LogP contribution in [-0.4, -0.2) is 35.7 Å². The molecule has 12 heteroatoms. The molecule has 0 spiro atoms. The van der Waals surface area contributed by atoms with Crippen LogP contribution in [0.5, 0.6) is 0 Å². The van der Waals surface area contributed by atoms with Crippen LogP contribution in [0.2, 0.25) is 0 Å². The zero-order valence-corrected chi connectivity index (χ0v) is 15.4. The van der Waals surface area contributed by atoms with Gasteiger partial charge in [0.1, 0.15) is 0 Å². The predicted octanol–water partition coefficient (Wildman–Crippen LogP) is 2.83. The summed E-state index contributed by atoms with van der Waals surface area (Å²) < 4.78 is 56.1. The number of nitrogens with zero attached hydrogens (tertiary/aromatic N) is 7. The summed E-state index contributed by atoms with van der Waals surface area (Å²) in [6.07, 6.45) is -2.02. The molecule has 3 heterocycles. The van der Waals surface area contributed by atoms with Crippen LogP contribution in [0.15, 0.2) is 17.4 Å². The summed E-state index contributed by atoms with van der Waals surface area (Å²) in [7, 11) is 3.07. The quantitative estimate of drug-likeness (QED) is 0.416. The summed E-state index contributed by atoms with van der Waals surface area (Å²) in [6.45, 7) is 3.23. The lowest BCUT2D eigenvalue weighted by Gasteiger charge is -2.09. The number of alkyl halides is 3. The van der Waals surface area contributed by atoms with E-state index in [1.807, 2.05) is 0 Å². The molecule has 0 amide bonds. The number of hydrogen-bond donors (Lipinski definition) is 1. The molecular formula is C16H16F4N8. The van der Waals surface area contributed by atoms with Crippen LogP contribution >= 0.6 is 0 Å². The van der Waals surface area contributed by atoms with Gasteiger partial charge < -0.3 is 0 Å². The first-order valence-electron chi connectivity index (χ1n) is 8.01. The Morgan fingerprint density at radius 3 is 2.36 bits per heavy atom. The van der Waals surface area contributed by atoms with E-state index in [4.69, 9.17) is 0 Å². The molecule has 0 fully saturated rings. The van der Waals surface area contributed by atoms with Gasteiger partial charge >= 0.3 is 6.18 Å². The molecule has 0 atom stereocenters. The molecule has 148 valence electrons. The van der Waals surface area contributed by atoms with Crippen molar-refractivity contribution in [3.8, 4) is 11.3 Å². The number of aromatic nitrogens is 6. The number of hydrogen-bond acceptors (Lipinski definition) is 6. The Balaban J connectivity index is 1.97. The topological polar surface area (TPSA) is 85.8 Å². The first-order chi connectivity index (χ1) is 13.1. The van der Waals surface area contributed by atoms with Gasteiger partial charge in [-0.15, -0.1) is 0 Å². The van der Waals surface area contributed by atoms with Crippen LogP contribution < -0.4 is 5.43 Å². The molecule has 0 aromatic carbocycles. The van der Waals surface area contributed by atoms with Crippen LogP contribution in [0.1, 0.15) is 22.6 Å². The highest BCUT2D eigenvalue weighted by atomic mass is 19.4. The standard InChI is InChI=1S/C16H16F4N8/c1-8-10(14(17)28(4)26-8)6-21-24-15-22-12(5-13(23-15)16(18,19)20)11-7-27(3)25-9(11)2/h5-7H,1-4H3,(H,22,23,24)/b21-6-. The second kappa shape index (κ2) is 7.02. The highest BCUT2D eigenvalue weighted by Gasteiger charge is 2.34. The van der Waals surface area contributed by atoms with Gasteiger partial charge in [0.2, 0.25) is 11.9 Å². The van der Waals surface area contributed by atoms with Crippen LogP contribution in [0.25, 0.3) is 11.3 Å².